The van der Waals surface area contributed by atoms with Gasteiger partial charge in [-0.2, -0.15) is 0 Å². The van der Waals surface area contributed by atoms with Crippen molar-refractivity contribution in [2.75, 3.05) is 25.6 Å². The SMILES string of the molecule is C=C(N=NN(C)Cc1ccccc1)C(=O)N[C@H]1COc2ccccc2N(C)C1=O. The molecule has 0 saturated carbocycles. The highest BCUT2D eigenvalue weighted by Gasteiger charge is 2.30. The van der Waals surface area contributed by atoms with Crippen LogP contribution in [0.4, 0.5) is 5.69 Å². The molecule has 1 aliphatic heterocycles. The predicted octanol–water partition coefficient (Wildman–Crippen LogP) is 2.54. The zero-order chi connectivity index (χ0) is 20.8. The summed E-state index contributed by atoms with van der Waals surface area (Å²) in [7, 11) is 3.39. The maximum Gasteiger partial charge on any atom is 0.271 e. The minimum Gasteiger partial charge on any atom is -0.489 e. The van der Waals surface area contributed by atoms with E-state index in [4.69, 9.17) is 4.74 Å². The standard InChI is InChI=1S/C21H23N5O3/c1-15(23-24-25(2)13-16-9-5-4-6-10-16)20(27)22-17-14-29-19-12-8-7-11-18(19)26(3)21(17)28/h4-12,17H,1,13-14H2,2-3H3,(H,22,27)/t17-/m0/s1. The Balaban J connectivity index is 1.58. The van der Waals surface area contributed by atoms with E-state index in [1.165, 1.54) is 4.90 Å². The van der Waals surface area contributed by atoms with Crippen LogP contribution in [-0.4, -0.2) is 43.6 Å². The molecule has 0 aromatic heterocycles. The number of nitrogens with zero attached hydrogens (tertiary/aromatic N) is 4. The Hall–Kier alpha value is -3.68. The predicted molar refractivity (Wildman–Crippen MR) is 109 cm³/mol. The molecule has 1 N–H and O–H groups in total. The molecule has 3 rings (SSSR count). The first-order valence-electron chi connectivity index (χ1n) is 9.11. The van der Waals surface area contributed by atoms with Gasteiger partial charge in [0.15, 0.2) is 0 Å². The van der Waals surface area contributed by atoms with Gasteiger partial charge in [0.05, 0.1) is 12.2 Å². The van der Waals surface area contributed by atoms with E-state index in [1.807, 2.05) is 42.5 Å². The lowest BCUT2D eigenvalue weighted by molar-refractivity contribution is -0.126. The van der Waals surface area contributed by atoms with Gasteiger partial charge in [-0.25, -0.2) is 0 Å². The van der Waals surface area contributed by atoms with Gasteiger partial charge in [-0.05, 0) is 17.7 Å². The Morgan fingerprint density at radius 2 is 1.93 bits per heavy atom. The molecule has 8 heteroatoms. The van der Waals surface area contributed by atoms with Gasteiger partial charge in [0.2, 0.25) is 0 Å². The molecule has 0 saturated heterocycles. The number of nitrogens with one attached hydrogen (secondary N) is 1. The second-order valence-corrected chi connectivity index (χ2v) is 6.64. The van der Waals surface area contributed by atoms with Crippen LogP contribution in [0.25, 0.3) is 0 Å². The summed E-state index contributed by atoms with van der Waals surface area (Å²) < 4.78 is 5.68. The van der Waals surface area contributed by atoms with Crippen molar-refractivity contribution < 1.29 is 14.3 Å². The van der Waals surface area contributed by atoms with Crippen molar-refractivity contribution in [2.45, 2.75) is 12.6 Å². The summed E-state index contributed by atoms with van der Waals surface area (Å²) in [4.78, 5) is 26.5. The molecule has 29 heavy (non-hydrogen) atoms. The molecule has 0 bridgehead atoms. The highest BCUT2D eigenvalue weighted by atomic mass is 16.5. The molecule has 2 aromatic rings. The first-order valence-corrected chi connectivity index (χ1v) is 9.11. The van der Waals surface area contributed by atoms with Crippen LogP contribution >= 0.6 is 0 Å². The summed E-state index contributed by atoms with van der Waals surface area (Å²) in [6, 6.07) is 16.1. The number of anilines is 1. The average Bonchev–Trinajstić information content (AvgIpc) is 2.85. The van der Waals surface area contributed by atoms with Crippen molar-refractivity contribution >= 4 is 17.5 Å². The highest BCUT2D eigenvalue weighted by Crippen LogP contribution is 2.29. The van der Waals surface area contributed by atoms with Gasteiger partial charge in [-0.1, -0.05) is 54.3 Å². The lowest BCUT2D eigenvalue weighted by Gasteiger charge is -2.20. The number of para-hydroxylation sites is 2. The minimum atomic E-state index is -0.853. The largest absolute Gasteiger partial charge is 0.489 e. The third-order valence-corrected chi connectivity index (χ3v) is 4.40. The topological polar surface area (TPSA) is 86.6 Å². The Bertz CT molecular complexity index is 929. The van der Waals surface area contributed by atoms with Crippen LogP contribution in [0.1, 0.15) is 5.56 Å². The molecule has 2 amide bonds. The summed E-state index contributed by atoms with van der Waals surface area (Å²) in [5, 5.41) is 12.1. The number of carbonyl (C=O) groups is 2. The molecule has 0 aliphatic carbocycles. The summed E-state index contributed by atoms with van der Waals surface area (Å²) in [6.07, 6.45) is 0. The highest BCUT2D eigenvalue weighted by molar-refractivity contribution is 6.02. The second-order valence-electron chi connectivity index (χ2n) is 6.64. The van der Waals surface area contributed by atoms with Crippen molar-refractivity contribution in [1.29, 1.82) is 0 Å². The Morgan fingerprint density at radius 1 is 1.24 bits per heavy atom. The number of likely N-dealkylation sites (N-methyl/N-ethyl adjacent to an activating group) is 1. The van der Waals surface area contributed by atoms with Crippen LogP contribution in [0.3, 0.4) is 0 Å². The van der Waals surface area contributed by atoms with Crippen LogP contribution in [0.2, 0.25) is 0 Å². The fourth-order valence-corrected chi connectivity index (χ4v) is 2.85. The van der Waals surface area contributed by atoms with Crippen LogP contribution in [0.5, 0.6) is 5.75 Å². The summed E-state index contributed by atoms with van der Waals surface area (Å²) in [5.74, 6) is -0.279. The van der Waals surface area contributed by atoms with Gasteiger partial charge in [0.25, 0.3) is 11.8 Å². The molecule has 0 spiro atoms. The molecular weight excluding hydrogens is 370 g/mol. The van der Waals surface area contributed by atoms with E-state index in [9.17, 15) is 9.59 Å². The molecule has 1 heterocycles. The van der Waals surface area contributed by atoms with Gasteiger partial charge < -0.3 is 15.0 Å². The van der Waals surface area contributed by atoms with Crippen molar-refractivity contribution in [3.05, 3.63) is 72.4 Å². The molecule has 150 valence electrons. The molecule has 2 aromatic carbocycles. The molecular formula is C21H23N5O3. The van der Waals surface area contributed by atoms with Crippen LogP contribution in [-0.2, 0) is 16.1 Å². The van der Waals surface area contributed by atoms with E-state index < -0.39 is 11.9 Å². The number of ether oxygens (including phenoxy) is 1. The minimum absolute atomic E-state index is 0.0181. The van der Waals surface area contributed by atoms with E-state index in [1.54, 1.807) is 31.2 Å². The zero-order valence-corrected chi connectivity index (χ0v) is 16.4. The van der Waals surface area contributed by atoms with Crippen LogP contribution in [0, 0.1) is 0 Å². The van der Waals surface area contributed by atoms with Gasteiger partial charge in [0, 0.05) is 14.1 Å². The van der Waals surface area contributed by atoms with E-state index in [2.05, 4.69) is 22.2 Å². The van der Waals surface area contributed by atoms with Crippen molar-refractivity contribution in [3.63, 3.8) is 0 Å². The van der Waals surface area contributed by atoms with Crippen LogP contribution in [0.15, 0.2) is 77.2 Å². The molecule has 8 nitrogen and oxygen atoms in total. The first kappa shape index (κ1) is 20.1. The van der Waals surface area contributed by atoms with E-state index in [0.29, 0.717) is 18.0 Å². The number of carbonyl (C=O) groups excluding carboxylic acids is 2. The maximum atomic E-state index is 12.7. The van der Waals surface area contributed by atoms with Crippen molar-refractivity contribution in [2.24, 2.45) is 10.3 Å². The van der Waals surface area contributed by atoms with Crippen molar-refractivity contribution in [1.82, 2.24) is 10.3 Å². The lowest BCUT2D eigenvalue weighted by Crippen LogP contribution is -2.49. The van der Waals surface area contributed by atoms with E-state index in [-0.39, 0.29) is 18.2 Å². The van der Waals surface area contributed by atoms with E-state index >= 15 is 0 Å². The molecule has 0 radical (unpaired) electrons. The van der Waals surface area contributed by atoms with E-state index in [0.717, 1.165) is 5.56 Å². The lowest BCUT2D eigenvalue weighted by atomic mass is 10.2. The number of hydrogen-bond donors (Lipinski definition) is 1. The van der Waals surface area contributed by atoms with Crippen LogP contribution < -0.4 is 15.0 Å². The molecule has 1 atom stereocenters. The van der Waals surface area contributed by atoms with Gasteiger partial charge in [-0.15, -0.1) is 5.11 Å². The fourth-order valence-electron chi connectivity index (χ4n) is 2.85. The number of benzene rings is 2. The Morgan fingerprint density at radius 3 is 2.69 bits per heavy atom. The van der Waals surface area contributed by atoms with Gasteiger partial charge in [0.1, 0.15) is 24.1 Å². The number of rotatable bonds is 6. The molecule has 1 aliphatic rings. The second kappa shape index (κ2) is 9.01. The summed E-state index contributed by atoms with van der Waals surface area (Å²) >= 11 is 0. The molecule has 0 unspecified atom stereocenters. The number of fused-ring (bicyclic) bond motifs is 1. The number of hydrogen-bond acceptors (Lipinski definition) is 5. The quantitative estimate of drug-likeness (QED) is 0.464. The third kappa shape index (κ3) is 4.98. The summed E-state index contributed by atoms with van der Waals surface area (Å²) in [5.41, 5.74) is 1.62. The number of amides is 2. The average molecular weight is 393 g/mol. The van der Waals surface area contributed by atoms with Gasteiger partial charge in [-0.3, -0.25) is 14.6 Å². The monoisotopic (exact) mass is 393 g/mol. The van der Waals surface area contributed by atoms with Gasteiger partial charge >= 0.3 is 0 Å². The normalized spacial score (nSPS) is 16.0. The molecule has 0 fully saturated rings. The zero-order valence-electron chi connectivity index (χ0n) is 16.4. The maximum absolute atomic E-state index is 12.7. The Labute approximate surface area is 169 Å². The van der Waals surface area contributed by atoms with Crippen molar-refractivity contribution in [3.8, 4) is 5.75 Å². The first-order chi connectivity index (χ1) is 14.0. The smallest absolute Gasteiger partial charge is 0.271 e. The fraction of sp³-hybridized carbons (Fsp3) is 0.238. The summed E-state index contributed by atoms with van der Waals surface area (Å²) in [6.45, 7) is 4.20. The Kier molecular flexibility index (Phi) is 6.23. The third-order valence-electron chi connectivity index (χ3n) is 4.40.